The van der Waals surface area contributed by atoms with Gasteiger partial charge < -0.3 is 19.7 Å². The molecule has 2 aromatic carbocycles. The Kier molecular flexibility index (Phi) is 7.87. The van der Waals surface area contributed by atoms with Crippen molar-refractivity contribution in [3.63, 3.8) is 0 Å². The van der Waals surface area contributed by atoms with Crippen LogP contribution >= 0.6 is 0 Å². The maximum atomic E-state index is 12.7. The van der Waals surface area contributed by atoms with Gasteiger partial charge in [-0.3, -0.25) is 14.4 Å². The van der Waals surface area contributed by atoms with Crippen LogP contribution in [0.4, 0.5) is 11.4 Å². The van der Waals surface area contributed by atoms with Gasteiger partial charge in [0, 0.05) is 18.7 Å². The normalized spacial score (nSPS) is 15.5. The molecule has 32 heavy (non-hydrogen) atoms. The Morgan fingerprint density at radius 1 is 1.03 bits per heavy atom. The van der Waals surface area contributed by atoms with Crippen molar-refractivity contribution in [2.75, 3.05) is 30.0 Å². The minimum Gasteiger partial charge on any atom is -0.492 e. The van der Waals surface area contributed by atoms with Gasteiger partial charge in [-0.1, -0.05) is 44.2 Å². The standard InChI is InChI=1S/C25H30N2O5/c1-4-17-10-9-11-18(5-2)24(17)27-15-19(14-23(27)29)25(30)32-16-22(28)26-20-12-7-8-13-21(20)31-6-3/h7-13,19H,4-6,14-16H2,1-3H3,(H,26,28)/t19-/m0/s1. The van der Waals surface area contributed by atoms with Gasteiger partial charge in [-0.2, -0.15) is 0 Å². The molecule has 170 valence electrons. The number of para-hydroxylation sites is 3. The van der Waals surface area contributed by atoms with Crippen LogP contribution in [0.15, 0.2) is 42.5 Å². The molecule has 1 aliphatic heterocycles. The Hall–Kier alpha value is -3.35. The number of nitrogens with one attached hydrogen (secondary N) is 1. The van der Waals surface area contributed by atoms with E-state index in [1.54, 1.807) is 23.1 Å². The van der Waals surface area contributed by atoms with E-state index < -0.39 is 24.4 Å². The molecule has 0 saturated carbocycles. The van der Waals surface area contributed by atoms with E-state index in [1.165, 1.54) is 0 Å². The highest BCUT2D eigenvalue weighted by atomic mass is 16.5. The molecular formula is C25H30N2O5. The highest BCUT2D eigenvalue weighted by molar-refractivity contribution is 6.01. The second-order valence-electron chi connectivity index (χ2n) is 7.62. The number of nitrogens with zero attached hydrogens (tertiary/aromatic N) is 1. The summed E-state index contributed by atoms with van der Waals surface area (Å²) in [7, 11) is 0. The van der Waals surface area contributed by atoms with Crippen molar-refractivity contribution in [2.24, 2.45) is 5.92 Å². The molecule has 0 unspecified atom stereocenters. The Balaban J connectivity index is 1.61. The molecule has 1 fully saturated rings. The molecule has 0 aromatic heterocycles. The largest absolute Gasteiger partial charge is 0.492 e. The van der Waals surface area contributed by atoms with Crippen LogP contribution in [0, 0.1) is 5.92 Å². The molecule has 1 heterocycles. The molecule has 1 N–H and O–H groups in total. The van der Waals surface area contributed by atoms with E-state index >= 15 is 0 Å². The predicted molar refractivity (Wildman–Crippen MR) is 123 cm³/mol. The van der Waals surface area contributed by atoms with Gasteiger partial charge in [-0.05, 0) is 43.0 Å². The van der Waals surface area contributed by atoms with E-state index in [0.717, 1.165) is 29.7 Å². The van der Waals surface area contributed by atoms with Crippen LogP contribution in [0.25, 0.3) is 0 Å². The Labute approximate surface area is 188 Å². The number of rotatable bonds is 9. The highest BCUT2D eigenvalue weighted by Crippen LogP contribution is 2.32. The summed E-state index contributed by atoms with van der Waals surface area (Å²) >= 11 is 0. The van der Waals surface area contributed by atoms with E-state index in [4.69, 9.17) is 9.47 Å². The number of carbonyl (C=O) groups excluding carboxylic acids is 3. The molecule has 2 amide bonds. The summed E-state index contributed by atoms with van der Waals surface area (Å²) in [4.78, 5) is 39.3. The zero-order chi connectivity index (χ0) is 23.1. The first kappa shape index (κ1) is 23.3. The number of esters is 1. The number of carbonyl (C=O) groups is 3. The van der Waals surface area contributed by atoms with E-state index in [1.807, 2.05) is 45.0 Å². The molecule has 1 aliphatic rings. The summed E-state index contributed by atoms with van der Waals surface area (Å²) < 4.78 is 10.7. The molecule has 2 aromatic rings. The molecule has 0 radical (unpaired) electrons. The second-order valence-corrected chi connectivity index (χ2v) is 7.62. The fraction of sp³-hybridized carbons (Fsp3) is 0.400. The van der Waals surface area contributed by atoms with Gasteiger partial charge in [0.2, 0.25) is 5.91 Å². The second kappa shape index (κ2) is 10.8. The highest BCUT2D eigenvalue weighted by Gasteiger charge is 2.37. The smallest absolute Gasteiger partial charge is 0.311 e. The molecule has 7 heteroatoms. The summed E-state index contributed by atoms with van der Waals surface area (Å²) in [6.45, 7) is 6.26. The fourth-order valence-corrected chi connectivity index (χ4v) is 3.94. The summed E-state index contributed by atoms with van der Waals surface area (Å²) in [6, 6.07) is 13.1. The van der Waals surface area contributed by atoms with Crippen molar-refractivity contribution in [1.29, 1.82) is 0 Å². The van der Waals surface area contributed by atoms with E-state index in [-0.39, 0.29) is 18.9 Å². The number of hydrogen-bond donors (Lipinski definition) is 1. The lowest BCUT2D eigenvalue weighted by atomic mass is 10.0. The number of amides is 2. The Morgan fingerprint density at radius 3 is 2.38 bits per heavy atom. The number of hydrogen-bond acceptors (Lipinski definition) is 5. The van der Waals surface area contributed by atoms with Crippen LogP contribution in [0.2, 0.25) is 0 Å². The van der Waals surface area contributed by atoms with Crippen LogP contribution < -0.4 is 15.0 Å². The maximum absolute atomic E-state index is 12.7. The molecule has 0 bridgehead atoms. The monoisotopic (exact) mass is 438 g/mol. The Bertz CT molecular complexity index is 966. The number of benzene rings is 2. The summed E-state index contributed by atoms with van der Waals surface area (Å²) in [5.74, 6) is -1.15. The van der Waals surface area contributed by atoms with Gasteiger partial charge in [-0.15, -0.1) is 0 Å². The molecule has 3 rings (SSSR count). The topological polar surface area (TPSA) is 84.9 Å². The summed E-state index contributed by atoms with van der Waals surface area (Å²) in [5, 5.41) is 2.70. The van der Waals surface area contributed by atoms with Crippen molar-refractivity contribution in [3.8, 4) is 5.75 Å². The molecule has 7 nitrogen and oxygen atoms in total. The van der Waals surface area contributed by atoms with Crippen molar-refractivity contribution in [3.05, 3.63) is 53.6 Å². The van der Waals surface area contributed by atoms with E-state index in [9.17, 15) is 14.4 Å². The van der Waals surface area contributed by atoms with Crippen LogP contribution in [0.3, 0.4) is 0 Å². The van der Waals surface area contributed by atoms with Crippen molar-refractivity contribution in [1.82, 2.24) is 0 Å². The van der Waals surface area contributed by atoms with Crippen molar-refractivity contribution >= 4 is 29.2 Å². The molecular weight excluding hydrogens is 408 g/mol. The molecule has 0 aliphatic carbocycles. The zero-order valence-electron chi connectivity index (χ0n) is 18.8. The first-order valence-electron chi connectivity index (χ1n) is 11.1. The van der Waals surface area contributed by atoms with Gasteiger partial charge in [-0.25, -0.2) is 0 Å². The first-order valence-corrected chi connectivity index (χ1v) is 11.1. The zero-order valence-corrected chi connectivity index (χ0v) is 18.8. The van der Waals surface area contributed by atoms with Gasteiger partial charge in [0.1, 0.15) is 5.75 Å². The van der Waals surface area contributed by atoms with Gasteiger partial charge in [0.05, 0.1) is 18.2 Å². The fourth-order valence-electron chi connectivity index (χ4n) is 3.94. The minimum absolute atomic E-state index is 0.0782. The van der Waals surface area contributed by atoms with Crippen LogP contribution in [0.1, 0.15) is 38.3 Å². The van der Waals surface area contributed by atoms with Crippen molar-refractivity contribution in [2.45, 2.75) is 40.0 Å². The van der Waals surface area contributed by atoms with Gasteiger partial charge in [0.25, 0.3) is 5.91 Å². The van der Waals surface area contributed by atoms with E-state index in [2.05, 4.69) is 5.32 Å². The molecule has 1 saturated heterocycles. The Morgan fingerprint density at radius 2 is 1.72 bits per heavy atom. The van der Waals surface area contributed by atoms with E-state index in [0.29, 0.717) is 18.0 Å². The number of ether oxygens (including phenoxy) is 2. The predicted octanol–water partition coefficient (Wildman–Crippen LogP) is 3.74. The minimum atomic E-state index is -0.597. The summed E-state index contributed by atoms with van der Waals surface area (Å²) in [5.41, 5.74) is 3.59. The lowest BCUT2D eigenvalue weighted by Gasteiger charge is -2.23. The van der Waals surface area contributed by atoms with Gasteiger partial charge in [0.15, 0.2) is 6.61 Å². The van der Waals surface area contributed by atoms with Crippen LogP contribution in [-0.2, 0) is 32.0 Å². The third kappa shape index (κ3) is 5.28. The lowest BCUT2D eigenvalue weighted by molar-refractivity contribution is -0.151. The molecule has 1 atom stereocenters. The average molecular weight is 439 g/mol. The van der Waals surface area contributed by atoms with Crippen LogP contribution in [0.5, 0.6) is 5.75 Å². The van der Waals surface area contributed by atoms with Crippen molar-refractivity contribution < 1.29 is 23.9 Å². The average Bonchev–Trinajstić information content (AvgIpc) is 3.19. The number of anilines is 2. The summed E-state index contributed by atoms with van der Waals surface area (Å²) in [6.07, 6.45) is 1.67. The third-order valence-electron chi connectivity index (χ3n) is 5.50. The third-order valence-corrected chi connectivity index (χ3v) is 5.50. The quantitative estimate of drug-likeness (QED) is 0.603. The number of aryl methyl sites for hydroxylation is 2. The lowest BCUT2D eigenvalue weighted by Crippen LogP contribution is -2.29. The van der Waals surface area contributed by atoms with Gasteiger partial charge >= 0.3 is 5.97 Å². The molecule has 0 spiro atoms. The maximum Gasteiger partial charge on any atom is 0.311 e. The van der Waals surface area contributed by atoms with Crippen LogP contribution in [-0.4, -0.2) is 37.5 Å². The SMILES string of the molecule is CCOc1ccccc1NC(=O)COC(=O)[C@H]1CC(=O)N(c2c(CC)cccc2CC)C1. The first-order chi connectivity index (χ1) is 15.5.